The van der Waals surface area contributed by atoms with E-state index < -0.39 is 7.29 Å². The zero-order valence-corrected chi connectivity index (χ0v) is 14.2. The molecule has 0 aromatic heterocycles. The third kappa shape index (κ3) is 3.90. The minimum absolute atomic E-state index is 0.0956. The monoisotopic (exact) mass is 325 g/mol. The van der Waals surface area contributed by atoms with E-state index in [-0.39, 0.29) is 12.5 Å². The van der Waals surface area contributed by atoms with E-state index in [4.69, 9.17) is 9.47 Å². The molecule has 6 heteroatoms. The van der Waals surface area contributed by atoms with E-state index in [2.05, 4.69) is 0 Å². The molecule has 0 bridgehead atoms. The molecule has 1 fully saturated rings. The molecule has 1 aliphatic heterocycles. The van der Waals surface area contributed by atoms with Crippen molar-refractivity contribution in [3.8, 4) is 5.75 Å². The smallest absolute Gasteiger partial charge is 0.320 e. The average molecular weight is 325 g/mol. The van der Waals surface area contributed by atoms with Crippen LogP contribution in [0.3, 0.4) is 0 Å². The lowest BCUT2D eigenvalue weighted by Crippen LogP contribution is -2.36. The normalized spacial score (nSPS) is 22.3. The molecule has 22 heavy (non-hydrogen) atoms. The Morgan fingerprint density at radius 1 is 1.18 bits per heavy atom. The Hall–Kier alpha value is -1.32. The minimum Gasteiger partial charge on any atom is -0.494 e. The number of nitrogens with zero attached hydrogens (tertiary/aromatic N) is 1. The highest BCUT2D eigenvalue weighted by Gasteiger charge is 2.36. The third-order valence-electron chi connectivity index (χ3n) is 3.75. The van der Waals surface area contributed by atoms with Crippen LogP contribution in [0.5, 0.6) is 5.75 Å². The summed E-state index contributed by atoms with van der Waals surface area (Å²) in [6, 6.07) is 7.40. The molecule has 0 amide bonds. The first-order valence-electron chi connectivity index (χ1n) is 7.83. The maximum absolute atomic E-state index is 13.5. The fraction of sp³-hybridized carbons (Fsp3) is 0.562. The SMILES string of the molecule is CCOC(=O)CN1CCCCP1(=O)c1ccc(OCC)cc1. The van der Waals surface area contributed by atoms with E-state index in [1.165, 1.54) is 0 Å². The minimum atomic E-state index is -2.72. The molecule has 1 heterocycles. The van der Waals surface area contributed by atoms with Gasteiger partial charge in [-0.1, -0.05) is 0 Å². The third-order valence-corrected chi connectivity index (χ3v) is 7.04. The molecule has 1 aromatic carbocycles. The summed E-state index contributed by atoms with van der Waals surface area (Å²) in [5, 5.41) is 0.792. The van der Waals surface area contributed by atoms with Crippen molar-refractivity contribution in [2.45, 2.75) is 26.7 Å². The van der Waals surface area contributed by atoms with Gasteiger partial charge >= 0.3 is 5.97 Å². The molecule has 1 aliphatic rings. The first-order valence-corrected chi connectivity index (χ1v) is 9.68. The molecule has 0 N–H and O–H groups in total. The van der Waals surface area contributed by atoms with Crippen LogP contribution in [-0.4, -0.2) is 43.1 Å². The lowest BCUT2D eigenvalue weighted by Gasteiger charge is -2.35. The van der Waals surface area contributed by atoms with Crippen molar-refractivity contribution < 1.29 is 18.8 Å². The summed E-state index contributed by atoms with van der Waals surface area (Å²) in [5.41, 5.74) is 0. The molecule has 0 radical (unpaired) electrons. The van der Waals surface area contributed by atoms with Gasteiger partial charge in [0.15, 0.2) is 7.29 Å². The van der Waals surface area contributed by atoms with Crippen molar-refractivity contribution in [2.75, 3.05) is 32.5 Å². The Kier molecular flexibility index (Phi) is 6.04. The topological polar surface area (TPSA) is 55.8 Å². The Labute approximate surface area is 132 Å². The van der Waals surface area contributed by atoms with E-state index >= 15 is 0 Å². The first kappa shape index (κ1) is 17.0. The van der Waals surface area contributed by atoms with Crippen molar-refractivity contribution in [2.24, 2.45) is 0 Å². The van der Waals surface area contributed by atoms with Gasteiger partial charge in [-0.2, -0.15) is 0 Å². The first-order chi connectivity index (χ1) is 10.6. The number of ether oxygens (including phenoxy) is 2. The van der Waals surface area contributed by atoms with Crippen LogP contribution < -0.4 is 10.0 Å². The maximum atomic E-state index is 13.5. The second-order valence-corrected chi connectivity index (χ2v) is 8.18. The highest BCUT2D eigenvalue weighted by Crippen LogP contribution is 2.51. The summed E-state index contributed by atoms with van der Waals surface area (Å²) >= 11 is 0. The molecule has 0 aliphatic carbocycles. The number of carbonyl (C=O) groups excluding carboxylic acids is 1. The number of hydrogen-bond acceptors (Lipinski definition) is 4. The number of carbonyl (C=O) groups is 1. The van der Waals surface area contributed by atoms with Crippen LogP contribution in [0.4, 0.5) is 0 Å². The van der Waals surface area contributed by atoms with Crippen LogP contribution in [0, 0.1) is 0 Å². The molecule has 0 spiro atoms. The van der Waals surface area contributed by atoms with Gasteiger partial charge in [0.1, 0.15) is 12.3 Å². The fourth-order valence-corrected chi connectivity index (χ4v) is 5.65. The second kappa shape index (κ2) is 7.80. The van der Waals surface area contributed by atoms with Gasteiger partial charge in [0.25, 0.3) is 0 Å². The zero-order chi connectivity index (χ0) is 16.0. The Morgan fingerprint density at radius 3 is 2.55 bits per heavy atom. The van der Waals surface area contributed by atoms with E-state index in [1.807, 2.05) is 35.9 Å². The summed E-state index contributed by atoms with van der Waals surface area (Å²) in [7, 11) is -2.72. The van der Waals surface area contributed by atoms with Crippen LogP contribution in [-0.2, 0) is 14.1 Å². The van der Waals surface area contributed by atoms with E-state index in [1.54, 1.807) is 6.92 Å². The van der Waals surface area contributed by atoms with Crippen LogP contribution >= 0.6 is 7.29 Å². The number of esters is 1. The summed E-state index contributed by atoms with van der Waals surface area (Å²) in [6.45, 7) is 5.42. The molecule has 2 rings (SSSR count). The van der Waals surface area contributed by atoms with Crippen molar-refractivity contribution in [1.29, 1.82) is 0 Å². The molecule has 0 saturated carbocycles. The average Bonchev–Trinajstić information content (AvgIpc) is 2.51. The molecule has 1 saturated heterocycles. The van der Waals surface area contributed by atoms with Gasteiger partial charge in [-0.05, 0) is 51.0 Å². The standard InChI is InChI=1S/C16H24NO4P/c1-3-20-14-7-9-15(10-8-14)22(19)12-6-5-11-17(22)13-16(18)21-4-2/h7-10H,3-6,11-13H2,1-2H3. The molecular formula is C16H24NO4P. The molecule has 1 unspecified atom stereocenters. The van der Waals surface area contributed by atoms with Gasteiger partial charge in [0.2, 0.25) is 0 Å². The summed E-state index contributed by atoms with van der Waals surface area (Å²) in [4.78, 5) is 11.8. The number of hydrogen-bond donors (Lipinski definition) is 0. The van der Waals surface area contributed by atoms with Gasteiger partial charge in [0, 0.05) is 18.0 Å². The Bertz CT molecular complexity index is 544. The molecule has 1 atom stereocenters. The maximum Gasteiger partial charge on any atom is 0.320 e. The lowest BCUT2D eigenvalue weighted by molar-refractivity contribution is -0.143. The summed E-state index contributed by atoms with van der Waals surface area (Å²) < 4.78 is 25.7. The molecule has 122 valence electrons. The van der Waals surface area contributed by atoms with E-state index in [0.717, 1.165) is 23.9 Å². The van der Waals surface area contributed by atoms with Gasteiger partial charge < -0.3 is 14.0 Å². The van der Waals surface area contributed by atoms with Gasteiger partial charge in [0.05, 0.1) is 13.2 Å². The van der Waals surface area contributed by atoms with Crippen LogP contribution in [0.15, 0.2) is 24.3 Å². The van der Waals surface area contributed by atoms with Gasteiger partial charge in [-0.15, -0.1) is 0 Å². The second-order valence-electron chi connectivity index (χ2n) is 5.25. The Morgan fingerprint density at radius 2 is 1.91 bits per heavy atom. The van der Waals surface area contributed by atoms with Crippen LogP contribution in [0.1, 0.15) is 26.7 Å². The van der Waals surface area contributed by atoms with E-state index in [9.17, 15) is 9.36 Å². The lowest BCUT2D eigenvalue weighted by atomic mass is 10.3. The van der Waals surface area contributed by atoms with Gasteiger partial charge in [-0.25, -0.2) is 4.67 Å². The van der Waals surface area contributed by atoms with Gasteiger partial charge in [-0.3, -0.25) is 4.79 Å². The van der Waals surface area contributed by atoms with Crippen molar-refractivity contribution in [3.63, 3.8) is 0 Å². The predicted octanol–water partition coefficient (Wildman–Crippen LogP) is 2.65. The number of rotatable bonds is 6. The van der Waals surface area contributed by atoms with Crippen molar-refractivity contribution in [1.82, 2.24) is 4.67 Å². The highest BCUT2D eigenvalue weighted by molar-refractivity contribution is 7.69. The largest absolute Gasteiger partial charge is 0.494 e. The van der Waals surface area contributed by atoms with Crippen LogP contribution in [0.2, 0.25) is 0 Å². The fourth-order valence-electron chi connectivity index (χ4n) is 2.71. The molecule has 1 aromatic rings. The van der Waals surface area contributed by atoms with Crippen molar-refractivity contribution >= 4 is 18.6 Å². The summed E-state index contributed by atoms with van der Waals surface area (Å²) in [5.74, 6) is 0.461. The van der Waals surface area contributed by atoms with E-state index in [0.29, 0.717) is 25.9 Å². The number of benzene rings is 1. The quantitative estimate of drug-likeness (QED) is 0.594. The Balaban J connectivity index is 2.19. The highest BCUT2D eigenvalue weighted by atomic mass is 31.2. The molecular weight excluding hydrogens is 301 g/mol. The zero-order valence-electron chi connectivity index (χ0n) is 13.3. The van der Waals surface area contributed by atoms with Crippen molar-refractivity contribution in [3.05, 3.63) is 24.3 Å². The van der Waals surface area contributed by atoms with Crippen LogP contribution in [0.25, 0.3) is 0 Å². The predicted molar refractivity (Wildman–Crippen MR) is 87.2 cm³/mol. The summed E-state index contributed by atoms with van der Waals surface area (Å²) in [6.07, 6.45) is 2.49. The molecule has 5 nitrogen and oxygen atoms in total.